The molecule has 0 fully saturated rings. The lowest BCUT2D eigenvalue weighted by atomic mass is 9.95. The van der Waals surface area contributed by atoms with Crippen LogP contribution >= 0.6 is 0 Å². The topological polar surface area (TPSA) is 79.2 Å². The summed E-state index contributed by atoms with van der Waals surface area (Å²) in [5.41, 5.74) is -2.14. The second-order valence-corrected chi connectivity index (χ2v) is 19.4. The number of rotatable bonds is 8. The summed E-state index contributed by atoms with van der Waals surface area (Å²) in [5.74, 6) is -2.12. The number of hydrogen-bond donors (Lipinski definition) is 0. The van der Waals surface area contributed by atoms with Crippen molar-refractivity contribution in [3.05, 3.63) is 278 Å². The van der Waals surface area contributed by atoms with E-state index in [1.165, 1.54) is 18.2 Å². The zero-order valence-electron chi connectivity index (χ0n) is 68.0. The maximum Gasteiger partial charge on any atom is 0.197 e. The first kappa shape index (κ1) is 28.7. The second kappa shape index (κ2) is 18.7. The van der Waals surface area contributed by atoms with E-state index in [1.807, 2.05) is 12.1 Å². The summed E-state index contributed by atoms with van der Waals surface area (Å²) in [6.45, 7) is 9.46. The van der Waals surface area contributed by atoms with E-state index in [0.29, 0.717) is 32.7 Å². The Labute approximate surface area is 516 Å². The molecule has 0 N–H and O–H groups in total. The molecule has 5 heterocycles. The van der Waals surface area contributed by atoms with Crippen LogP contribution in [0, 0.1) is 6.57 Å². The van der Waals surface area contributed by atoms with Crippen LogP contribution in [-0.4, -0.2) is 24.1 Å². The molecule has 17 aromatic rings. The van der Waals surface area contributed by atoms with Crippen LogP contribution in [0.2, 0.25) is 0 Å². The highest BCUT2D eigenvalue weighted by Gasteiger charge is 2.32. The van der Waals surface area contributed by atoms with Crippen LogP contribution in [0.3, 0.4) is 0 Å². The molecular formula is C76H44N6O2. The summed E-state index contributed by atoms with van der Waals surface area (Å²) >= 11 is 0. The van der Waals surface area contributed by atoms with E-state index >= 15 is 0 Å². The molecule has 5 aromatic heterocycles. The molecule has 0 bridgehead atoms. The summed E-state index contributed by atoms with van der Waals surface area (Å²) < 4.78 is 245. The number of furan rings is 2. The van der Waals surface area contributed by atoms with Crippen molar-refractivity contribution in [2.45, 2.75) is 0 Å². The Bertz CT molecular complexity index is 6930. The van der Waals surface area contributed by atoms with E-state index in [2.05, 4.69) is 9.83 Å². The molecule has 8 nitrogen and oxygen atoms in total. The molecule has 17 rings (SSSR count). The number of para-hydroxylation sites is 2. The molecule has 0 aliphatic heterocycles. The molecule has 390 valence electrons. The van der Waals surface area contributed by atoms with Gasteiger partial charge in [0.2, 0.25) is 0 Å². The van der Waals surface area contributed by atoms with Gasteiger partial charge in [0.05, 0.1) is 85.1 Å². The van der Waals surface area contributed by atoms with Gasteiger partial charge in [0.15, 0.2) is 23.2 Å². The Morgan fingerprint density at radius 3 is 1.23 bits per heavy atom. The molecule has 0 saturated carbocycles. The lowest BCUT2D eigenvalue weighted by molar-refractivity contribution is 0.672. The summed E-state index contributed by atoms with van der Waals surface area (Å²) in [4.78, 5) is 18.7. The maximum atomic E-state index is 9.99. The summed E-state index contributed by atoms with van der Waals surface area (Å²) in [5, 5.41) is 3.30. The summed E-state index contributed by atoms with van der Waals surface area (Å²) in [6, 6.07) is 12.5. The smallest absolute Gasteiger partial charge is 0.197 e. The average Bonchev–Trinajstić information content (AvgIpc) is 1.63. The van der Waals surface area contributed by atoms with Crippen LogP contribution in [0.1, 0.15) is 34.3 Å². The largest absolute Gasteiger partial charge is 0.455 e. The predicted octanol–water partition coefficient (Wildman–Crippen LogP) is 20.4. The lowest BCUT2D eigenvalue weighted by Gasteiger charge is -2.25. The molecule has 0 unspecified atom stereocenters. The highest BCUT2D eigenvalue weighted by Crippen LogP contribution is 2.52. The molecule has 0 amide bonds. The van der Waals surface area contributed by atoms with Crippen molar-refractivity contribution in [3.8, 4) is 78.9 Å². The Morgan fingerprint density at radius 1 is 0.357 bits per heavy atom. The van der Waals surface area contributed by atoms with Gasteiger partial charge in [-0.3, -0.25) is 0 Å². The van der Waals surface area contributed by atoms with Crippen LogP contribution in [0.25, 0.3) is 171 Å². The first-order valence-corrected chi connectivity index (χ1v) is 26.0. The third-order valence-electron chi connectivity index (χ3n) is 15.0. The van der Waals surface area contributed by atoms with Crippen molar-refractivity contribution in [2.75, 3.05) is 0 Å². The van der Waals surface area contributed by atoms with E-state index in [-0.39, 0.29) is 94.0 Å². The van der Waals surface area contributed by atoms with Crippen molar-refractivity contribution < 1.29 is 43.1 Å². The van der Waals surface area contributed by atoms with Crippen molar-refractivity contribution in [3.63, 3.8) is 0 Å². The van der Waals surface area contributed by atoms with Crippen molar-refractivity contribution >= 4 is 93.2 Å². The molecule has 0 radical (unpaired) electrons. The van der Waals surface area contributed by atoms with Crippen molar-refractivity contribution in [1.82, 2.24) is 24.1 Å². The molecular weight excluding hydrogens is 1030 g/mol. The number of aromatic nitrogens is 5. The minimum absolute atomic E-state index is 0.0936. The highest BCUT2D eigenvalue weighted by molar-refractivity contribution is 6.27. The maximum absolute atomic E-state index is 9.99. The second-order valence-electron chi connectivity index (χ2n) is 19.4. The average molecular weight is 1100 g/mol. The molecule has 12 aromatic carbocycles. The molecule has 0 spiro atoms. The SMILES string of the molecule is [2H]c1c([2H])c([2H])c(-c2ccc3c(c2)c2c4oc5ccccc5c4ccc2n3-c2c(-c3nc(-c4c([2H])c([2H])c([2H])c([2H])c4[2H])nc(-c4c([2H])c([2H])c([2H])c([2H])c4[2H])n3)cc([N+]#[C-])c(-c3c([2H])c([2H])c([2H])c([2H])c3[2H])c2-n2c3ccc(-c4c([2H])c([2H])c([2H])c([2H])c4[2H])cc3c3c4oc5ccccc5c4ccc32)c([2H])c1[2H]. The number of fused-ring (bicyclic) bond motifs is 14. The van der Waals surface area contributed by atoms with E-state index in [9.17, 15) is 23.0 Å². The summed E-state index contributed by atoms with van der Waals surface area (Å²) in [7, 11) is 0. The number of nitrogens with zero attached hydrogens (tertiary/aromatic N) is 6. The fourth-order valence-corrected chi connectivity index (χ4v) is 11.6. The van der Waals surface area contributed by atoms with Crippen molar-refractivity contribution in [1.29, 1.82) is 0 Å². The van der Waals surface area contributed by atoms with Crippen LogP contribution in [-0.2, 0) is 0 Å². The first-order chi connectivity index (χ1) is 52.0. The molecule has 0 saturated heterocycles. The van der Waals surface area contributed by atoms with Gasteiger partial charge in [-0.25, -0.2) is 19.8 Å². The predicted molar refractivity (Wildman–Crippen MR) is 342 cm³/mol. The monoisotopic (exact) mass is 1100 g/mol. The van der Waals surface area contributed by atoms with Crippen molar-refractivity contribution in [2.24, 2.45) is 0 Å². The third-order valence-corrected chi connectivity index (χ3v) is 15.0. The van der Waals surface area contributed by atoms with Gasteiger partial charge in [0.25, 0.3) is 0 Å². The standard InChI is InChI=1S/C76H44N6O2/c1-77-60-45-59(76-79-74(49-27-13-5-14-28-49)78-75(80-76)50-29-15-6-16-30-50)70(81-61-39-35-51(46-21-7-2-8-22-46)43-57(61)68-63(81)41-37-55-53-31-17-19-33-65(53)83-72(55)68)71(67(60)48-25-11-4-12-26-48)82-62-40-36-52(47-23-9-3-10-24-47)44-58(62)69-64(82)42-38-56-54-32-18-20-34-66(54)84-73(56)69/h2-45H/i2D,3D,4D,5D,6D,7D,8D,9D,10D,11D,12D,13D,14D,15D,16D,21D,22D,23D,24D,25D,26D,27D,28D,29D,30D. The Morgan fingerprint density at radius 2 is 0.762 bits per heavy atom. The minimum Gasteiger partial charge on any atom is -0.455 e. The van der Waals surface area contributed by atoms with Gasteiger partial charge in [-0.05, 0) is 94.5 Å². The minimum atomic E-state index is -0.869. The van der Waals surface area contributed by atoms with Gasteiger partial charge in [0, 0.05) is 54.6 Å². The number of hydrogen-bond acceptors (Lipinski definition) is 5. The quantitative estimate of drug-likeness (QED) is 0.142. The Kier molecular flexibility index (Phi) is 6.38. The lowest BCUT2D eigenvalue weighted by Crippen LogP contribution is -2.10. The normalized spacial score (nSPS) is 16.0. The van der Waals surface area contributed by atoms with Crippen LogP contribution in [0.4, 0.5) is 5.69 Å². The Balaban J connectivity index is 1.17. The van der Waals surface area contributed by atoms with Gasteiger partial charge >= 0.3 is 0 Å². The van der Waals surface area contributed by atoms with Gasteiger partial charge in [0.1, 0.15) is 22.3 Å². The first-order valence-electron chi connectivity index (χ1n) is 38.5. The molecule has 0 atom stereocenters. The van der Waals surface area contributed by atoms with Gasteiger partial charge < -0.3 is 18.0 Å². The molecule has 0 aliphatic carbocycles. The molecule has 8 heteroatoms. The van der Waals surface area contributed by atoms with Crippen LogP contribution < -0.4 is 0 Å². The fourth-order valence-electron chi connectivity index (χ4n) is 11.6. The van der Waals surface area contributed by atoms with E-state index < -0.39 is 196 Å². The third kappa shape index (κ3) is 7.23. The zero-order chi connectivity index (χ0) is 77.2. The fraction of sp³-hybridized carbons (Fsp3) is 0. The van der Waals surface area contributed by atoms with E-state index in [4.69, 9.17) is 36.6 Å². The van der Waals surface area contributed by atoms with E-state index in [1.54, 1.807) is 94.1 Å². The Hall–Kier alpha value is -11.7. The zero-order valence-corrected chi connectivity index (χ0v) is 43.0. The summed E-state index contributed by atoms with van der Waals surface area (Å²) in [6.07, 6.45) is 0. The van der Waals surface area contributed by atoms with Crippen LogP contribution in [0.5, 0.6) is 0 Å². The molecule has 0 aliphatic rings. The molecule has 84 heavy (non-hydrogen) atoms. The van der Waals surface area contributed by atoms with Crippen LogP contribution in [0.15, 0.2) is 275 Å². The van der Waals surface area contributed by atoms with Gasteiger partial charge in [-0.15, -0.1) is 0 Å². The highest BCUT2D eigenvalue weighted by atomic mass is 16.3. The van der Waals surface area contributed by atoms with E-state index in [0.717, 1.165) is 0 Å². The van der Waals surface area contributed by atoms with Gasteiger partial charge in [-0.2, -0.15) is 0 Å². The number of benzene rings is 12. The van der Waals surface area contributed by atoms with Gasteiger partial charge in [-0.1, -0.05) is 200 Å².